The molecule has 2 unspecified atom stereocenters. The van der Waals surface area contributed by atoms with E-state index >= 15 is 0 Å². The maximum Gasteiger partial charge on any atom is 0.354 e. The van der Waals surface area contributed by atoms with Crippen LogP contribution in [0.1, 0.15) is 36.2 Å². The first-order valence-corrected chi connectivity index (χ1v) is 6.28. The molecular formula is C13H18N2O3. The summed E-state index contributed by atoms with van der Waals surface area (Å²) in [6, 6.07) is 3.25. The maximum absolute atomic E-state index is 10.8. The van der Waals surface area contributed by atoms with E-state index in [4.69, 9.17) is 5.11 Å². The van der Waals surface area contributed by atoms with Gasteiger partial charge in [-0.15, -0.1) is 0 Å². The zero-order chi connectivity index (χ0) is 13.0. The van der Waals surface area contributed by atoms with Gasteiger partial charge in [0.05, 0.1) is 6.10 Å². The van der Waals surface area contributed by atoms with Crippen molar-refractivity contribution in [3.8, 4) is 0 Å². The Kier molecular flexibility index (Phi) is 4.15. The summed E-state index contributed by atoms with van der Waals surface area (Å²) in [4.78, 5) is 14.5. The van der Waals surface area contributed by atoms with E-state index in [1.54, 1.807) is 6.07 Å². The zero-order valence-corrected chi connectivity index (χ0v) is 10.2. The van der Waals surface area contributed by atoms with E-state index in [0.717, 1.165) is 31.4 Å². The Balaban J connectivity index is 1.93. The molecule has 0 aliphatic heterocycles. The van der Waals surface area contributed by atoms with Crippen LogP contribution in [0.15, 0.2) is 18.3 Å². The van der Waals surface area contributed by atoms with Crippen molar-refractivity contribution in [2.24, 2.45) is 5.92 Å². The largest absolute Gasteiger partial charge is 0.477 e. The molecule has 0 bridgehead atoms. The molecule has 18 heavy (non-hydrogen) atoms. The molecule has 1 fully saturated rings. The molecule has 0 amide bonds. The molecule has 1 heterocycles. The lowest BCUT2D eigenvalue weighted by Crippen LogP contribution is -2.30. The minimum absolute atomic E-state index is 0.0317. The highest BCUT2D eigenvalue weighted by molar-refractivity contribution is 5.86. The van der Waals surface area contributed by atoms with Gasteiger partial charge in [-0.2, -0.15) is 0 Å². The lowest BCUT2D eigenvalue weighted by molar-refractivity contribution is 0.0690. The van der Waals surface area contributed by atoms with E-state index in [1.165, 1.54) is 12.3 Å². The molecule has 98 valence electrons. The highest BCUT2D eigenvalue weighted by Crippen LogP contribution is 2.24. The number of aromatic carboxylic acids is 1. The number of hydrogen-bond acceptors (Lipinski definition) is 4. The van der Waals surface area contributed by atoms with Crippen LogP contribution in [-0.2, 0) is 0 Å². The Hall–Kier alpha value is -1.62. The second-order valence-electron chi connectivity index (χ2n) is 4.73. The monoisotopic (exact) mass is 250 g/mol. The van der Waals surface area contributed by atoms with Crippen molar-refractivity contribution < 1.29 is 15.0 Å². The van der Waals surface area contributed by atoms with Crippen molar-refractivity contribution in [3.05, 3.63) is 24.0 Å². The van der Waals surface area contributed by atoms with Gasteiger partial charge in [-0.3, -0.25) is 0 Å². The molecular weight excluding hydrogens is 232 g/mol. The van der Waals surface area contributed by atoms with Crippen LogP contribution in [0, 0.1) is 5.92 Å². The molecule has 1 aromatic rings. The lowest BCUT2D eigenvalue weighted by atomic mass is 9.86. The molecule has 0 spiro atoms. The fourth-order valence-corrected chi connectivity index (χ4v) is 2.33. The minimum Gasteiger partial charge on any atom is -0.477 e. The van der Waals surface area contributed by atoms with Crippen LogP contribution in [-0.4, -0.2) is 33.8 Å². The van der Waals surface area contributed by atoms with Crippen LogP contribution < -0.4 is 5.32 Å². The normalized spacial score (nSPS) is 23.6. The van der Waals surface area contributed by atoms with Crippen LogP contribution >= 0.6 is 0 Å². The third-order valence-corrected chi connectivity index (χ3v) is 3.42. The van der Waals surface area contributed by atoms with Crippen LogP contribution in [0.5, 0.6) is 0 Å². The van der Waals surface area contributed by atoms with E-state index in [1.807, 2.05) is 0 Å². The molecule has 5 nitrogen and oxygen atoms in total. The number of anilines is 1. The number of aliphatic hydroxyl groups is 1. The van der Waals surface area contributed by atoms with Crippen molar-refractivity contribution in [3.63, 3.8) is 0 Å². The number of nitrogens with one attached hydrogen (secondary N) is 1. The number of pyridine rings is 1. The highest BCUT2D eigenvalue weighted by atomic mass is 16.4. The van der Waals surface area contributed by atoms with Crippen LogP contribution in [0.2, 0.25) is 0 Å². The van der Waals surface area contributed by atoms with Crippen LogP contribution in [0.3, 0.4) is 0 Å². The van der Waals surface area contributed by atoms with Gasteiger partial charge < -0.3 is 15.5 Å². The van der Waals surface area contributed by atoms with Crippen molar-refractivity contribution in [1.29, 1.82) is 0 Å². The summed E-state index contributed by atoms with van der Waals surface area (Å²) in [5.41, 5.74) is 0.768. The third-order valence-electron chi connectivity index (χ3n) is 3.42. The van der Waals surface area contributed by atoms with Crippen molar-refractivity contribution in [2.45, 2.75) is 31.8 Å². The molecule has 2 rings (SSSR count). The summed E-state index contributed by atoms with van der Waals surface area (Å²) in [6.45, 7) is 0.671. The van der Waals surface area contributed by atoms with Crippen LogP contribution in [0.4, 0.5) is 5.69 Å². The summed E-state index contributed by atoms with van der Waals surface area (Å²) in [5, 5.41) is 21.9. The predicted molar refractivity (Wildman–Crippen MR) is 67.7 cm³/mol. The molecule has 2 atom stereocenters. The van der Waals surface area contributed by atoms with E-state index < -0.39 is 5.97 Å². The average molecular weight is 250 g/mol. The number of carboxylic acids is 1. The van der Waals surface area contributed by atoms with Gasteiger partial charge in [0.2, 0.25) is 0 Å². The summed E-state index contributed by atoms with van der Waals surface area (Å²) >= 11 is 0. The van der Waals surface area contributed by atoms with Gasteiger partial charge in [0, 0.05) is 24.3 Å². The fourth-order valence-electron chi connectivity index (χ4n) is 2.33. The molecule has 5 heteroatoms. The molecule has 1 aliphatic rings. The summed E-state index contributed by atoms with van der Waals surface area (Å²) in [7, 11) is 0. The highest BCUT2D eigenvalue weighted by Gasteiger charge is 2.22. The molecule has 3 N–H and O–H groups in total. The predicted octanol–water partition coefficient (Wildman–Crippen LogP) is 1.74. The number of carbonyl (C=O) groups is 1. The summed E-state index contributed by atoms with van der Waals surface area (Å²) < 4.78 is 0. The lowest BCUT2D eigenvalue weighted by Gasteiger charge is -2.27. The first kappa shape index (κ1) is 12.8. The zero-order valence-electron chi connectivity index (χ0n) is 10.2. The summed E-state index contributed by atoms with van der Waals surface area (Å²) in [5.74, 6) is -0.781. The molecule has 1 aliphatic carbocycles. The van der Waals surface area contributed by atoms with E-state index in [-0.39, 0.29) is 17.7 Å². The first-order valence-electron chi connectivity index (χ1n) is 6.28. The molecule has 0 aromatic carbocycles. The van der Waals surface area contributed by atoms with Gasteiger partial charge in [0.1, 0.15) is 5.69 Å². The Morgan fingerprint density at radius 1 is 1.44 bits per heavy atom. The molecule has 1 aromatic heterocycles. The van der Waals surface area contributed by atoms with E-state index in [9.17, 15) is 9.90 Å². The van der Waals surface area contributed by atoms with Gasteiger partial charge in [0.15, 0.2) is 0 Å². The smallest absolute Gasteiger partial charge is 0.354 e. The number of hydrogen-bond donors (Lipinski definition) is 3. The Bertz CT molecular complexity index is 422. The summed E-state index contributed by atoms with van der Waals surface area (Å²) in [6.07, 6.45) is 5.36. The SMILES string of the molecule is O=C(O)c1cc(NCC2CCCCC2O)ccn1. The minimum atomic E-state index is -1.03. The number of rotatable bonds is 4. The number of nitrogens with zero attached hydrogens (tertiary/aromatic N) is 1. The Labute approximate surface area is 106 Å². The quantitative estimate of drug-likeness (QED) is 0.758. The van der Waals surface area contributed by atoms with Crippen molar-refractivity contribution >= 4 is 11.7 Å². The van der Waals surface area contributed by atoms with Crippen molar-refractivity contribution in [1.82, 2.24) is 4.98 Å². The average Bonchev–Trinajstić information content (AvgIpc) is 2.38. The Morgan fingerprint density at radius 3 is 2.94 bits per heavy atom. The topological polar surface area (TPSA) is 82.5 Å². The van der Waals surface area contributed by atoms with Gasteiger partial charge in [0.25, 0.3) is 0 Å². The maximum atomic E-state index is 10.8. The number of carboxylic acid groups (broad SMARTS) is 1. The van der Waals surface area contributed by atoms with Gasteiger partial charge in [-0.05, 0) is 25.0 Å². The number of aliphatic hydroxyl groups excluding tert-OH is 1. The van der Waals surface area contributed by atoms with Gasteiger partial charge >= 0.3 is 5.97 Å². The van der Waals surface area contributed by atoms with E-state index in [2.05, 4.69) is 10.3 Å². The van der Waals surface area contributed by atoms with Gasteiger partial charge in [-0.25, -0.2) is 9.78 Å². The fraction of sp³-hybridized carbons (Fsp3) is 0.538. The third kappa shape index (κ3) is 3.20. The molecule has 0 radical (unpaired) electrons. The Morgan fingerprint density at radius 2 is 2.22 bits per heavy atom. The second kappa shape index (κ2) is 5.82. The van der Waals surface area contributed by atoms with Crippen molar-refractivity contribution in [2.75, 3.05) is 11.9 Å². The molecule has 0 saturated heterocycles. The second-order valence-corrected chi connectivity index (χ2v) is 4.73. The molecule has 1 saturated carbocycles. The standard InChI is InChI=1S/C13H18N2O3/c16-12-4-2-1-3-9(12)8-15-10-5-6-14-11(7-10)13(17)18/h5-7,9,12,16H,1-4,8H2,(H,14,15)(H,17,18). The van der Waals surface area contributed by atoms with Crippen LogP contribution in [0.25, 0.3) is 0 Å². The number of aromatic nitrogens is 1. The van der Waals surface area contributed by atoms with Gasteiger partial charge in [-0.1, -0.05) is 12.8 Å². The van der Waals surface area contributed by atoms with E-state index in [0.29, 0.717) is 6.54 Å². The first-order chi connectivity index (χ1) is 8.66.